The number of carbonyl (C=O) groups is 4. The number of benzene rings is 2. The van der Waals surface area contributed by atoms with Crippen LogP contribution >= 0.6 is 0 Å². The molecule has 1 unspecified atom stereocenters. The van der Waals surface area contributed by atoms with Gasteiger partial charge in [0, 0.05) is 19.5 Å². The minimum Gasteiger partial charge on any atom is -0.496 e. The zero-order chi connectivity index (χ0) is 29.8. The highest BCUT2D eigenvalue weighted by molar-refractivity contribution is 6.08. The molecule has 5 rings (SSSR count). The van der Waals surface area contributed by atoms with E-state index in [2.05, 4.69) is 32.3 Å². The first-order chi connectivity index (χ1) is 20.3. The van der Waals surface area contributed by atoms with Gasteiger partial charge in [0.05, 0.1) is 24.4 Å². The first kappa shape index (κ1) is 29.5. The molecule has 5 atom stereocenters. The highest BCUT2D eigenvalue weighted by atomic mass is 16.5. The largest absolute Gasteiger partial charge is 0.496 e. The predicted octanol–water partition coefficient (Wildman–Crippen LogP) is 0.326. The number of carbonyl (C=O) groups excluding carboxylic acids is 4. The Kier molecular flexibility index (Phi) is 9.05. The maximum atomic E-state index is 14.1. The lowest BCUT2D eigenvalue weighted by molar-refractivity contribution is -0.130. The van der Waals surface area contributed by atoms with Gasteiger partial charge in [-0.15, -0.1) is 0 Å². The Bertz CT molecular complexity index is 1350. The molecule has 224 valence electrons. The second-order valence-corrected chi connectivity index (χ2v) is 11.1. The van der Waals surface area contributed by atoms with E-state index >= 15 is 0 Å². The Morgan fingerprint density at radius 2 is 1.90 bits per heavy atom. The number of hydrazine groups is 2. The summed E-state index contributed by atoms with van der Waals surface area (Å²) in [6.45, 7) is 4.87. The number of ether oxygens (including phenoxy) is 1. The van der Waals surface area contributed by atoms with Crippen molar-refractivity contribution >= 4 is 29.3 Å². The van der Waals surface area contributed by atoms with Crippen molar-refractivity contribution in [1.29, 1.82) is 0 Å². The predicted molar refractivity (Wildman–Crippen MR) is 156 cm³/mol. The number of methoxy groups -OCH3 is 1. The first-order valence-corrected chi connectivity index (χ1v) is 14.5. The van der Waals surface area contributed by atoms with E-state index in [0.29, 0.717) is 50.1 Å². The van der Waals surface area contributed by atoms with Crippen LogP contribution in [-0.2, 0) is 27.2 Å². The van der Waals surface area contributed by atoms with Gasteiger partial charge in [0.1, 0.15) is 23.9 Å². The monoisotopic (exact) mass is 577 g/mol. The van der Waals surface area contributed by atoms with Crippen molar-refractivity contribution in [2.45, 2.75) is 63.7 Å². The van der Waals surface area contributed by atoms with Crippen LogP contribution in [0.4, 0.5) is 5.69 Å². The van der Waals surface area contributed by atoms with Crippen LogP contribution in [0.25, 0.3) is 0 Å². The van der Waals surface area contributed by atoms with Gasteiger partial charge >= 0.3 is 0 Å². The molecule has 4 amide bonds. The summed E-state index contributed by atoms with van der Waals surface area (Å²) in [7, 11) is 1.48. The van der Waals surface area contributed by atoms with Gasteiger partial charge in [-0.2, -0.15) is 5.53 Å². The fourth-order valence-corrected chi connectivity index (χ4v) is 5.83. The number of hydrogen-bond acceptors (Lipinski definition) is 8. The quantitative estimate of drug-likeness (QED) is 0.236. The molecular formula is C30H39N7O5. The van der Waals surface area contributed by atoms with Gasteiger partial charge in [-0.05, 0) is 42.0 Å². The highest BCUT2D eigenvalue weighted by Crippen LogP contribution is 2.39. The van der Waals surface area contributed by atoms with E-state index in [0.717, 1.165) is 16.8 Å². The third kappa shape index (κ3) is 5.96. The van der Waals surface area contributed by atoms with E-state index in [1.165, 1.54) is 7.11 Å². The second-order valence-electron chi connectivity index (χ2n) is 11.1. The number of anilines is 1. The van der Waals surface area contributed by atoms with Crippen molar-refractivity contribution in [3.63, 3.8) is 0 Å². The maximum Gasteiger partial charge on any atom is 0.255 e. The smallest absolute Gasteiger partial charge is 0.255 e. The lowest BCUT2D eigenvalue weighted by Gasteiger charge is -2.30. The van der Waals surface area contributed by atoms with Gasteiger partial charge < -0.3 is 20.7 Å². The van der Waals surface area contributed by atoms with Crippen LogP contribution in [0.2, 0.25) is 0 Å². The molecule has 3 aliphatic rings. The molecule has 0 spiro atoms. The van der Waals surface area contributed by atoms with Crippen LogP contribution < -0.4 is 42.0 Å². The summed E-state index contributed by atoms with van der Waals surface area (Å²) in [6, 6.07) is 10.2. The van der Waals surface area contributed by atoms with Gasteiger partial charge in [0.25, 0.3) is 5.91 Å². The molecular weight excluding hydrogens is 538 g/mol. The highest BCUT2D eigenvalue weighted by Gasteiger charge is 2.44. The zero-order valence-electron chi connectivity index (χ0n) is 24.2. The summed E-state index contributed by atoms with van der Waals surface area (Å²) >= 11 is 0. The van der Waals surface area contributed by atoms with Crippen LogP contribution in [0.1, 0.15) is 48.2 Å². The Morgan fingerprint density at radius 1 is 1.12 bits per heavy atom. The van der Waals surface area contributed by atoms with E-state index in [-0.39, 0.29) is 23.8 Å². The number of rotatable bonds is 10. The zero-order valence-corrected chi connectivity index (χ0v) is 24.2. The Hall–Kier alpha value is -4.00. The number of nitrogens with one attached hydrogen (secondary N) is 6. The molecule has 1 saturated heterocycles. The van der Waals surface area contributed by atoms with Gasteiger partial charge in [-0.3, -0.25) is 24.1 Å². The molecule has 2 aromatic carbocycles. The number of aryl methyl sites for hydroxylation is 1. The average Bonchev–Trinajstić information content (AvgIpc) is 3.65. The molecule has 12 heteroatoms. The van der Waals surface area contributed by atoms with Crippen molar-refractivity contribution in [1.82, 2.24) is 32.3 Å². The molecule has 2 aromatic rings. The number of nitrogens with zero attached hydrogens (tertiary/aromatic N) is 1. The molecule has 0 saturated carbocycles. The molecule has 0 bridgehead atoms. The van der Waals surface area contributed by atoms with Crippen LogP contribution in [0.3, 0.4) is 0 Å². The molecule has 0 aliphatic carbocycles. The Morgan fingerprint density at radius 3 is 2.64 bits per heavy atom. The number of hydrogen-bond donors (Lipinski definition) is 6. The molecule has 1 fully saturated rings. The summed E-state index contributed by atoms with van der Waals surface area (Å²) in [5.74, 6) is -1.24. The van der Waals surface area contributed by atoms with E-state index in [1.807, 2.05) is 32.0 Å². The van der Waals surface area contributed by atoms with Gasteiger partial charge in [-0.25, -0.2) is 10.9 Å². The fraction of sp³-hybridized carbons (Fsp3) is 0.467. The summed E-state index contributed by atoms with van der Waals surface area (Å²) in [5.41, 5.74) is 11.8. The van der Waals surface area contributed by atoms with Crippen LogP contribution in [0.5, 0.6) is 5.75 Å². The van der Waals surface area contributed by atoms with E-state index in [1.54, 1.807) is 29.2 Å². The second kappa shape index (κ2) is 12.9. The minimum atomic E-state index is -0.875. The van der Waals surface area contributed by atoms with Crippen LogP contribution in [0.15, 0.2) is 42.5 Å². The standard InChI is InChI=1S/C30H39N7O5/c1-4-17(2)25(34-27(38)21-10-5-6-11-24(21)42-3)29(40)33-22-13-12-18-8-7-9-19-14-23(37(26(18)19)30(22)41)28(39)31-15-20-16-32-36-35-20/h5-11,17,20,22-23,25,32,35-36H,4,12-16H2,1-3H3,(H,31,39)(H,33,40)(H,34,38)/t17-,20?,22-,23-,25-/m0/s1. The normalized spacial score (nSPS) is 22.5. The fourth-order valence-electron chi connectivity index (χ4n) is 5.83. The van der Waals surface area contributed by atoms with Crippen molar-refractivity contribution in [3.8, 4) is 5.75 Å². The molecule has 0 aromatic heterocycles. The first-order valence-electron chi connectivity index (χ1n) is 14.5. The van der Waals surface area contributed by atoms with E-state index in [9.17, 15) is 19.2 Å². The third-order valence-electron chi connectivity index (χ3n) is 8.40. The number of amides is 4. The summed E-state index contributed by atoms with van der Waals surface area (Å²) in [5, 5.41) is 8.77. The molecule has 3 heterocycles. The minimum absolute atomic E-state index is 0.0173. The molecule has 0 radical (unpaired) electrons. The van der Waals surface area contributed by atoms with Gasteiger partial charge in [-0.1, -0.05) is 50.6 Å². The van der Waals surface area contributed by atoms with Crippen LogP contribution in [-0.4, -0.2) is 68.0 Å². The lowest BCUT2D eigenvalue weighted by Crippen LogP contribution is -2.58. The summed E-state index contributed by atoms with van der Waals surface area (Å²) in [6.07, 6.45) is 1.98. The third-order valence-corrected chi connectivity index (χ3v) is 8.40. The van der Waals surface area contributed by atoms with Gasteiger partial charge in [0.2, 0.25) is 17.7 Å². The maximum absolute atomic E-state index is 14.1. The molecule has 6 N–H and O–H groups in total. The van der Waals surface area contributed by atoms with E-state index in [4.69, 9.17) is 4.74 Å². The SMILES string of the molecule is CC[C@H](C)[C@H](NC(=O)c1ccccc1OC)C(=O)N[C@H]1CCc2cccc3c2N(C1=O)[C@H](C(=O)NCC1CNNN1)C3. The molecule has 42 heavy (non-hydrogen) atoms. The Balaban J connectivity index is 1.34. The molecule has 12 nitrogen and oxygen atoms in total. The Labute approximate surface area is 245 Å². The average molecular weight is 578 g/mol. The van der Waals surface area contributed by atoms with Crippen LogP contribution in [0, 0.1) is 5.92 Å². The van der Waals surface area contributed by atoms with Crippen molar-refractivity contribution in [3.05, 3.63) is 59.2 Å². The molecule has 3 aliphatic heterocycles. The van der Waals surface area contributed by atoms with Crippen molar-refractivity contribution in [2.75, 3.05) is 25.1 Å². The topological polar surface area (TPSA) is 153 Å². The van der Waals surface area contributed by atoms with Crippen molar-refractivity contribution < 1.29 is 23.9 Å². The lowest BCUT2D eigenvalue weighted by atomic mass is 9.96. The summed E-state index contributed by atoms with van der Waals surface area (Å²) in [4.78, 5) is 55.9. The summed E-state index contributed by atoms with van der Waals surface area (Å²) < 4.78 is 5.33. The van der Waals surface area contributed by atoms with E-state index < -0.39 is 29.9 Å². The number of para-hydroxylation sites is 2. The van der Waals surface area contributed by atoms with Crippen molar-refractivity contribution in [2.24, 2.45) is 5.92 Å². The van der Waals surface area contributed by atoms with Gasteiger partial charge in [0.15, 0.2) is 0 Å².